The topological polar surface area (TPSA) is 3.01 Å². The van der Waals surface area contributed by atoms with Crippen molar-refractivity contribution in [1.29, 1.82) is 0 Å². The Labute approximate surface area is 37.3 Å². The molecule has 1 saturated heterocycles. The first-order valence-electron chi connectivity index (χ1n) is 2.43. The molecular formula is C5H7N. The smallest absolute Gasteiger partial charge is 0.0748 e. The molecule has 2 aliphatic heterocycles. The van der Waals surface area contributed by atoms with Gasteiger partial charge in [-0.05, 0) is 6.42 Å². The lowest BCUT2D eigenvalue weighted by molar-refractivity contribution is 0.687. The number of nitrogens with zero attached hydrogens (tertiary/aromatic N) is 1. The molecule has 0 bridgehead atoms. The molecule has 6 heavy (non-hydrogen) atoms. The summed E-state index contributed by atoms with van der Waals surface area (Å²) in [6.07, 6.45) is 3.50. The molecule has 0 aliphatic carbocycles. The normalized spacial score (nSPS) is 35.2. The van der Waals surface area contributed by atoms with E-state index in [1.165, 1.54) is 6.42 Å². The van der Waals surface area contributed by atoms with Crippen LogP contribution < -0.4 is 0 Å². The van der Waals surface area contributed by atoms with Crippen LogP contribution in [0, 0.1) is 0 Å². The maximum atomic E-state index is 2.31. The average Bonchev–Trinajstić information content (AvgIpc) is 2.12. The van der Waals surface area contributed by atoms with E-state index in [9.17, 15) is 0 Å². The van der Waals surface area contributed by atoms with Crippen molar-refractivity contribution in [3.05, 3.63) is 11.9 Å². The predicted octanol–water partition coefficient (Wildman–Crippen LogP) is 0.936. The van der Waals surface area contributed by atoms with Crippen molar-refractivity contribution in [2.45, 2.75) is 19.4 Å². The van der Waals surface area contributed by atoms with E-state index in [0.29, 0.717) is 0 Å². The second kappa shape index (κ2) is 0.512. The molecule has 1 unspecified atom stereocenters. The molecule has 0 aromatic heterocycles. The van der Waals surface area contributed by atoms with Crippen LogP contribution in [-0.2, 0) is 0 Å². The van der Waals surface area contributed by atoms with E-state index in [4.69, 9.17) is 0 Å². The Balaban J connectivity index is 2.06. The van der Waals surface area contributed by atoms with Gasteiger partial charge in [0.15, 0.2) is 0 Å². The Bertz CT molecular complexity index is 115. The summed E-state index contributed by atoms with van der Waals surface area (Å²) in [6.45, 7) is 2.22. The van der Waals surface area contributed by atoms with Crippen LogP contribution in [0.5, 0.6) is 0 Å². The number of fused-ring (bicyclic) bond motifs is 1. The molecule has 32 valence electrons. The zero-order chi connectivity index (χ0) is 4.15. The molecule has 0 amide bonds. The van der Waals surface area contributed by atoms with Crippen LogP contribution >= 0.6 is 0 Å². The summed E-state index contributed by atoms with van der Waals surface area (Å²) in [6, 6.07) is 0.894. The van der Waals surface area contributed by atoms with E-state index in [-0.39, 0.29) is 0 Å². The van der Waals surface area contributed by atoms with Gasteiger partial charge in [-0.3, -0.25) is 0 Å². The van der Waals surface area contributed by atoms with Crippen molar-refractivity contribution in [3.8, 4) is 0 Å². The summed E-state index contributed by atoms with van der Waals surface area (Å²) in [5.74, 6) is 0. The van der Waals surface area contributed by atoms with Crippen LogP contribution in [-0.4, -0.2) is 10.9 Å². The summed E-state index contributed by atoms with van der Waals surface area (Å²) in [4.78, 5) is 2.31. The van der Waals surface area contributed by atoms with Gasteiger partial charge in [0.1, 0.15) is 0 Å². The molecule has 1 nitrogen and oxygen atoms in total. The fourth-order valence-electron chi connectivity index (χ4n) is 0.885. The maximum Gasteiger partial charge on any atom is 0.0748 e. The number of hydrogen-bond donors (Lipinski definition) is 0. The Morgan fingerprint density at radius 1 is 2.00 bits per heavy atom. The minimum absolute atomic E-state index is 0.894. The van der Waals surface area contributed by atoms with Gasteiger partial charge in [-0.25, -0.2) is 0 Å². The SMILES string of the molecule is CCC1C2=CN21. The molecule has 0 aromatic rings. The number of hydrogen-bond acceptors (Lipinski definition) is 1. The van der Waals surface area contributed by atoms with Crippen molar-refractivity contribution in [1.82, 2.24) is 4.90 Å². The van der Waals surface area contributed by atoms with Crippen molar-refractivity contribution in [3.63, 3.8) is 0 Å². The zero-order valence-corrected chi connectivity index (χ0v) is 3.81. The largest absolute Gasteiger partial charge is 0.338 e. The van der Waals surface area contributed by atoms with Crippen molar-refractivity contribution >= 4 is 0 Å². The average molecular weight is 81.1 g/mol. The Morgan fingerprint density at radius 3 is 2.67 bits per heavy atom. The molecule has 0 radical (unpaired) electrons. The lowest BCUT2D eigenvalue weighted by atomic mass is 10.3. The molecule has 2 aliphatic rings. The van der Waals surface area contributed by atoms with Gasteiger partial charge < -0.3 is 4.90 Å². The van der Waals surface area contributed by atoms with Gasteiger partial charge in [0.05, 0.1) is 11.7 Å². The van der Waals surface area contributed by atoms with Gasteiger partial charge in [-0.15, -0.1) is 0 Å². The van der Waals surface area contributed by atoms with Crippen molar-refractivity contribution < 1.29 is 0 Å². The van der Waals surface area contributed by atoms with Crippen LogP contribution in [0.3, 0.4) is 0 Å². The third-order valence-electron chi connectivity index (χ3n) is 1.50. The van der Waals surface area contributed by atoms with E-state index in [1.54, 1.807) is 5.70 Å². The molecule has 1 atom stereocenters. The number of rotatable bonds is 1. The monoisotopic (exact) mass is 81.1 g/mol. The zero-order valence-electron chi connectivity index (χ0n) is 3.81. The van der Waals surface area contributed by atoms with Crippen LogP contribution in [0.4, 0.5) is 0 Å². The lowest BCUT2D eigenvalue weighted by Crippen LogP contribution is -1.89. The highest BCUT2D eigenvalue weighted by atomic mass is 15.4. The van der Waals surface area contributed by atoms with Crippen LogP contribution in [0.15, 0.2) is 11.9 Å². The van der Waals surface area contributed by atoms with Crippen molar-refractivity contribution in [2.24, 2.45) is 0 Å². The van der Waals surface area contributed by atoms with Crippen molar-refractivity contribution in [2.75, 3.05) is 0 Å². The quantitative estimate of drug-likeness (QED) is 0.424. The Hall–Kier alpha value is -0.460. The summed E-state index contributed by atoms with van der Waals surface area (Å²) >= 11 is 0. The predicted molar refractivity (Wildman–Crippen MR) is 24.0 cm³/mol. The Kier molecular flexibility index (Phi) is 0.228. The van der Waals surface area contributed by atoms with Gasteiger partial charge in [0.25, 0.3) is 0 Å². The van der Waals surface area contributed by atoms with Crippen LogP contribution in [0.2, 0.25) is 0 Å². The van der Waals surface area contributed by atoms with E-state index in [2.05, 4.69) is 18.0 Å². The molecule has 2 rings (SSSR count). The highest BCUT2D eigenvalue weighted by Crippen LogP contribution is 2.48. The van der Waals surface area contributed by atoms with E-state index < -0.39 is 0 Å². The summed E-state index contributed by atoms with van der Waals surface area (Å²) in [7, 11) is 0. The molecule has 0 saturated carbocycles. The molecule has 1 fully saturated rings. The Morgan fingerprint density at radius 2 is 2.67 bits per heavy atom. The molecule has 0 aromatic carbocycles. The van der Waals surface area contributed by atoms with Crippen LogP contribution in [0.25, 0.3) is 0 Å². The van der Waals surface area contributed by atoms with Gasteiger partial charge in [-0.1, -0.05) is 6.92 Å². The minimum Gasteiger partial charge on any atom is -0.338 e. The highest BCUT2D eigenvalue weighted by molar-refractivity contribution is 5.43. The fraction of sp³-hybridized carbons (Fsp3) is 0.600. The summed E-state index contributed by atoms with van der Waals surface area (Å²) in [5, 5.41) is 0. The fourth-order valence-corrected chi connectivity index (χ4v) is 0.885. The molecular weight excluding hydrogens is 74.1 g/mol. The third kappa shape index (κ3) is 0.125. The molecule has 1 heteroatoms. The van der Waals surface area contributed by atoms with Crippen LogP contribution in [0.1, 0.15) is 13.3 Å². The maximum absolute atomic E-state index is 2.31. The summed E-state index contributed by atoms with van der Waals surface area (Å²) in [5.41, 5.74) is 1.58. The second-order valence-corrected chi connectivity index (χ2v) is 1.89. The summed E-state index contributed by atoms with van der Waals surface area (Å²) < 4.78 is 0. The lowest BCUT2D eigenvalue weighted by Gasteiger charge is -1.85. The molecule has 0 spiro atoms. The van der Waals surface area contributed by atoms with Gasteiger partial charge in [0, 0.05) is 6.20 Å². The molecule has 0 N–H and O–H groups in total. The van der Waals surface area contributed by atoms with E-state index in [0.717, 1.165) is 6.04 Å². The van der Waals surface area contributed by atoms with E-state index >= 15 is 0 Å². The van der Waals surface area contributed by atoms with Gasteiger partial charge in [-0.2, -0.15) is 0 Å². The molecule has 2 heterocycles. The first-order valence-corrected chi connectivity index (χ1v) is 2.43. The van der Waals surface area contributed by atoms with Gasteiger partial charge in [0.2, 0.25) is 0 Å². The standard InChI is InChI=1S/C5H7N/c1-2-4-5-3-6(4)5/h3-4H,2H2,1H3. The highest BCUT2D eigenvalue weighted by Gasteiger charge is 2.49. The third-order valence-corrected chi connectivity index (χ3v) is 1.50. The first-order chi connectivity index (χ1) is 2.93. The van der Waals surface area contributed by atoms with E-state index in [1.807, 2.05) is 0 Å². The van der Waals surface area contributed by atoms with Gasteiger partial charge >= 0.3 is 0 Å². The second-order valence-electron chi connectivity index (χ2n) is 1.89. The first kappa shape index (κ1) is 2.67. The minimum atomic E-state index is 0.894.